The molecule has 6 nitrogen and oxygen atoms in total. The fourth-order valence-corrected chi connectivity index (χ4v) is 2.25. The molecule has 0 bridgehead atoms. The first-order chi connectivity index (χ1) is 10.2. The van der Waals surface area contributed by atoms with E-state index in [9.17, 15) is 4.79 Å². The standard InChI is InChI=1S/C15H25N3O3S/c1-14(2,3)21-13(19)18-15(4,5)20-9-6-10-22-12-11-16-7-8-17-12/h7-8,11H,6,9-10H2,1-5H3,(H,18,19). The third-order valence-electron chi connectivity index (χ3n) is 2.34. The molecule has 0 fully saturated rings. The second-order valence-electron chi connectivity index (χ2n) is 6.23. The lowest BCUT2D eigenvalue weighted by molar-refractivity contribution is -0.0476. The molecule has 7 heteroatoms. The molecule has 0 saturated carbocycles. The molecule has 124 valence electrons. The number of carbonyl (C=O) groups is 1. The monoisotopic (exact) mass is 327 g/mol. The first-order valence-corrected chi connectivity index (χ1v) is 8.20. The Morgan fingerprint density at radius 3 is 2.59 bits per heavy atom. The summed E-state index contributed by atoms with van der Waals surface area (Å²) in [6.07, 6.45) is 5.43. The van der Waals surface area contributed by atoms with Crippen molar-refractivity contribution in [3.63, 3.8) is 0 Å². The molecule has 1 aromatic heterocycles. The molecule has 22 heavy (non-hydrogen) atoms. The van der Waals surface area contributed by atoms with Crippen LogP contribution in [0.5, 0.6) is 0 Å². The smallest absolute Gasteiger partial charge is 0.409 e. The Morgan fingerprint density at radius 2 is 2.00 bits per heavy atom. The third-order valence-corrected chi connectivity index (χ3v) is 3.34. The molecule has 0 radical (unpaired) electrons. The molecule has 0 saturated heterocycles. The van der Waals surface area contributed by atoms with Gasteiger partial charge in [-0.2, -0.15) is 0 Å². The number of alkyl carbamates (subject to hydrolysis) is 1. The summed E-state index contributed by atoms with van der Waals surface area (Å²) in [7, 11) is 0. The minimum Gasteiger partial charge on any atom is -0.444 e. The molecule has 1 amide bonds. The van der Waals surface area contributed by atoms with E-state index in [0.717, 1.165) is 17.2 Å². The maximum Gasteiger partial charge on any atom is 0.409 e. The molecule has 1 aromatic rings. The summed E-state index contributed by atoms with van der Waals surface area (Å²) >= 11 is 1.63. The number of aromatic nitrogens is 2. The van der Waals surface area contributed by atoms with Gasteiger partial charge in [-0.3, -0.25) is 10.3 Å². The van der Waals surface area contributed by atoms with Crippen LogP contribution in [0.25, 0.3) is 0 Å². The third kappa shape index (κ3) is 8.84. The van der Waals surface area contributed by atoms with Crippen molar-refractivity contribution in [3.05, 3.63) is 18.6 Å². The fraction of sp³-hybridized carbons (Fsp3) is 0.667. The van der Waals surface area contributed by atoms with Gasteiger partial charge in [0.05, 0.1) is 12.8 Å². The van der Waals surface area contributed by atoms with E-state index in [1.54, 1.807) is 44.2 Å². The van der Waals surface area contributed by atoms with Gasteiger partial charge in [-0.05, 0) is 41.0 Å². The highest BCUT2D eigenvalue weighted by Gasteiger charge is 2.24. The minimum absolute atomic E-state index is 0.480. The van der Waals surface area contributed by atoms with Crippen LogP contribution < -0.4 is 5.32 Å². The van der Waals surface area contributed by atoms with Crippen molar-refractivity contribution in [3.8, 4) is 0 Å². The summed E-state index contributed by atoms with van der Waals surface area (Å²) < 4.78 is 10.9. The number of amides is 1. The molecular weight excluding hydrogens is 302 g/mol. The number of hydrogen-bond acceptors (Lipinski definition) is 6. The average Bonchev–Trinajstić information content (AvgIpc) is 2.36. The van der Waals surface area contributed by atoms with Crippen LogP contribution in [-0.2, 0) is 9.47 Å². The van der Waals surface area contributed by atoms with E-state index in [4.69, 9.17) is 9.47 Å². The number of hydrogen-bond donors (Lipinski definition) is 1. The summed E-state index contributed by atoms with van der Waals surface area (Å²) in [4.78, 5) is 19.9. The van der Waals surface area contributed by atoms with Gasteiger partial charge in [0.25, 0.3) is 0 Å². The maximum absolute atomic E-state index is 11.7. The number of nitrogens with one attached hydrogen (secondary N) is 1. The van der Waals surface area contributed by atoms with Gasteiger partial charge in [-0.1, -0.05) is 0 Å². The summed E-state index contributed by atoms with van der Waals surface area (Å²) in [5.41, 5.74) is -1.28. The highest BCUT2D eigenvalue weighted by atomic mass is 32.2. The SMILES string of the molecule is CC(C)(C)OC(=O)NC(C)(C)OCCCSc1cnccn1. The van der Waals surface area contributed by atoms with Crippen molar-refractivity contribution in [2.24, 2.45) is 0 Å². The number of thioether (sulfide) groups is 1. The van der Waals surface area contributed by atoms with Gasteiger partial charge in [0.15, 0.2) is 0 Å². The van der Waals surface area contributed by atoms with E-state index in [-0.39, 0.29) is 0 Å². The zero-order valence-electron chi connectivity index (χ0n) is 13.9. The van der Waals surface area contributed by atoms with Gasteiger partial charge < -0.3 is 9.47 Å². The second-order valence-corrected chi connectivity index (χ2v) is 7.35. The van der Waals surface area contributed by atoms with Gasteiger partial charge in [-0.15, -0.1) is 11.8 Å². The zero-order valence-corrected chi connectivity index (χ0v) is 14.7. The van der Waals surface area contributed by atoms with Crippen LogP contribution in [0.1, 0.15) is 41.0 Å². The van der Waals surface area contributed by atoms with E-state index < -0.39 is 17.4 Å². The maximum atomic E-state index is 11.7. The first kappa shape index (κ1) is 18.7. The Labute approximate surface area is 136 Å². The van der Waals surface area contributed by atoms with Crippen LogP contribution in [0.4, 0.5) is 4.79 Å². The molecule has 0 aliphatic heterocycles. The summed E-state index contributed by atoms with van der Waals surface area (Å²) in [6.45, 7) is 9.61. The highest BCUT2D eigenvalue weighted by molar-refractivity contribution is 7.99. The molecule has 0 aromatic carbocycles. The zero-order chi connectivity index (χ0) is 16.6. The Bertz CT molecular complexity index is 461. The van der Waals surface area contributed by atoms with Crippen molar-refractivity contribution in [2.75, 3.05) is 12.4 Å². The van der Waals surface area contributed by atoms with Crippen molar-refractivity contribution in [1.82, 2.24) is 15.3 Å². The molecule has 0 aliphatic carbocycles. The van der Waals surface area contributed by atoms with Crippen LogP contribution >= 0.6 is 11.8 Å². The van der Waals surface area contributed by atoms with Crippen molar-refractivity contribution < 1.29 is 14.3 Å². The van der Waals surface area contributed by atoms with Crippen molar-refractivity contribution in [2.45, 2.75) is 57.4 Å². The lowest BCUT2D eigenvalue weighted by atomic mass is 10.2. The molecular formula is C15H25N3O3S. The van der Waals surface area contributed by atoms with Gasteiger partial charge in [0.1, 0.15) is 16.4 Å². The van der Waals surface area contributed by atoms with Crippen LogP contribution in [0.15, 0.2) is 23.6 Å². The normalized spacial score (nSPS) is 12.0. The van der Waals surface area contributed by atoms with Crippen molar-refractivity contribution >= 4 is 17.9 Å². The molecule has 0 aliphatic rings. The van der Waals surface area contributed by atoms with E-state index in [2.05, 4.69) is 15.3 Å². The van der Waals surface area contributed by atoms with Crippen LogP contribution in [0.2, 0.25) is 0 Å². The van der Waals surface area contributed by atoms with Gasteiger partial charge in [-0.25, -0.2) is 9.78 Å². The predicted octanol–water partition coefficient (Wildman–Crippen LogP) is 3.24. The number of nitrogens with zero attached hydrogens (tertiary/aromatic N) is 2. The molecule has 1 N–H and O–H groups in total. The Morgan fingerprint density at radius 1 is 1.27 bits per heavy atom. The van der Waals surface area contributed by atoms with Crippen molar-refractivity contribution in [1.29, 1.82) is 0 Å². The van der Waals surface area contributed by atoms with E-state index >= 15 is 0 Å². The number of rotatable bonds is 7. The predicted molar refractivity (Wildman–Crippen MR) is 86.8 cm³/mol. The summed E-state index contributed by atoms with van der Waals surface area (Å²) in [5, 5.41) is 3.61. The van der Waals surface area contributed by atoms with Crippen LogP contribution in [-0.4, -0.2) is 39.7 Å². The van der Waals surface area contributed by atoms with Gasteiger partial charge in [0, 0.05) is 18.1 Å². The van der Waals surface area contributed by atoms with E-state index in [1.807, 2.05) is 20.8 Å². The number of ether oxygens (including phenoxy) is 2. The van der Waals surface area contributed by atoms with Crippen LogP contribution in [0.3, 0.4) is 0 Å². The van der Waals surface area contributed by atoms with Gasteiger partial charge >= 0.3 is 6.09 Å². The van der Waals surface area contributed by atoms with E-state index in [1.165, 1.54) is 0 Å². The quantitative estimate of drug-likeness (QED) is 0.471. The lowest BCUT2D eigenvalue weighted by Gasteiger charge is -2.28. The Hall–Kier alpha value is -1.34. The average molecular weight is 327 g/mol. The Kier molecular flexibility index (Phi) is 7.09. The molecule has 1 heterocycles. The molecule has 1 rings (SSSR count). The summed E-state index contributed by atoms with van der Waals surface area (Å²) in [6, 6.07) is 0. The summed E-state index contributed by atoms with van der Waals surface area (Å²) in [5.74, 6) is 0.876. The second kappa shape index (κ2) is 8.33. The topological polar surface area (TPSA) is 73.3 Å². The first-order valence-electron chi connectivity index (χ1n) is 7.22. The highest BCUT2D eigenvalue weighted by Crippen LogP contribution is 2.15. The largest absolute Gasteiger partial charge is 0.444 e. The minimum atomic E-state index is -0.764. The molecule has 0 spiro atoms. The lowest BCUT2D eigenvalue weighted by Crippen LogP contribution is -2.47. The van der Waals surface area contributed by atoms with Crippen LogP contribution in [0, 0.1) is 0 Å². The van der Waals surface area contributed by atoms with Gasteiger partial charge in [0.2, 0.25) is 0 Å². The molecule has 0 unspecified atom stereocenters. The molecule has 0 atom stereocenters. The number of carbonyl (C=O) groups excluding carboxylic acids is 1. The fourth-order valence-electron chi connectivity index (χ4n) is 1.51. The Balaban J connectivity index is 2.21. The van der Waals surface area contributed by atoms with E-state index in [0.29, 0.717) is 6.61 Å².